The van der Waals surface area contributed by atoms with Gasteiger partial charge in [-0.3, -0.25) is 10.1 Å². The Morgan fingerprint density at radius 1 is 1.43 bits per heavy atom. The first-order valence-corrected chi connectivity index (χ1v) is 7.93. The zero-order chi connectivity index (χ0) is 15.1. The molecule has 0 spiro atoms. The molecule has 5 nitrogen and oxygen atoms in total. The van der Waals surface area contributed by atoms with Crippen LogP contribution >= 0.6 is 34.7 Å². The highest BCUT2D eigenvalue weighted by Gasteiger charge is 2.09. The number of terminal acetylenes is 1. The average molecular weight is 340 g/mol. The van der Waals surface area contributed by atoms with Gasteiger partial charge in [0.25, 0.3) is 5.91 Å². The van der Waals surface area contributed by atoms with Crippen molar-refractivity contribution in [2.45, 2.75) is 4.34 Å². The van der Waals surface area contributed by atoms with Crippen LogP contribution in [0.1, 0.15) is 0 Å². The van der Waals surface area contributed by atoms with Crippen LogP contribution in [-0.2, 0) is 4.79 Å². The van der Waals surface area contributed by atoms with E-state index >= 15 is 0 Å². The molecule has 21 heavy (non-hydrogen) atoms. The normalized spacial score (nSPS) is 9.90. The number of hydrogen-bond acceptors (Lipinski definition) is 6. The van der Waals surface area contributed by atoms with Gasteiger partial charge in [0.05, 0.1) is 5.75 Å². The summed E-state index contributed by atoms with van der Waals surface area (Å²) >= 11 is 8.42. The Balaban J connectivity index is 1.80. The summed E-state index contributed by atoms with van der Waals surface area (Å²) in [4.78, 5) is 11.7. The molecule has 0 unspecified atom stereocenters. The largest absolute Gasteiger partial charge is 0.484 e. The quantitative estimate of drug-likeness (QED) is 0.498. The summed E-state index contributed by atoms with van der Waals surface area (Å²) in [6, 6.07) is 6.76. The zero-order valence-electron chi connectivity index (χ0n) is 10.7. The smallest absolute Gasteiger partial charge is 0.264 e. The number of benzene rings is 1. The van der Waals surface area contributed by atoms with Crippen molar-refractivity contribution in [2.75, 3.05) is 17.7 Å². The van der Waals surface area contributed by atoms with E-state index in [1.165, 1.54) is 23.1 Å². The van der Waals surface area contributed by atoms with E-state index in [1.807, 2.05) is 0 Å². The first-order chi connectivity index (χ1) is 10.2. The van der Waals surface area contributed by atoms with Crippen molar-refractivity contribution in [1.82, 2.24) is 10.2 Å². The predicted molar refractivity (Wildman–Crippen MR) is 85.0 cm³/mol. The van der Waals surface area contributed by atoms with Gasteiger partial charge < -0.3 is 4.74 Å². The number of nitrogens with zero attached hydrogens (tertiary/aromatic N) is 2. The molecule has 1 aromatic heterocycles. The molecule has 0 fully saturated rings. The van der Waals surface area contributed by atoms with Crippen LogP contribution in [0, 0.1) is 12.3 Å². The van der Waals surface area contributed by atoms with Gasteiger partial charge in [0.2, 0.25) is 5.13 Å². The maximum absolute atomic E-state index is 11.7. The van der Waals surface area contributed by atoms with Gasteiger partial charge >= 0.3 is 0 Å². The lowest BCUT2D eigenvalue weighted by Crippen LogP contribution is -2.20. The summed E-state index contributed by atoms with van der Waals surface area (Å²) in [5.74, 6) is 3.27. The molecule has 108 valence electrons. The Morgan fingerprint density at radius 2 is 2.19 bits per heavy atom. The van der Waals surface area contributed by atoms with Gasteiger partial charge in [0.1, 0.15) is 5.75 Å². The number of rotatable bonds is 6. The van der Waals surface area contributed by atoms with E-state index in [0.717, 1.165) is 0 Å². The molecule has 2 rings (SSSR count). The average Bonchev–Trinajstić information content (AvgIpc) is 2.92. The van der Waals surface area contributed by atoms with E-state index in [4.69, 9.17) is 22.8 Å². The standard InChI is InChI=1S/C13H10ClN3O2S2/c1-2-7-20-13-17-16-12(21-13)15-11(18)8-19-10-5-3-9(14)4-6-10/h1,3-6H,7-8H2,(H,15,16,18). The fourth-order valence-corrected chi connectivity index (χ4v) is 2.83. The van der Waals surface area contributed by atoms with E-state index < -0.39 is 0 Å². The molecule has 2 aromatic rings. The summed E-state index contributed by atoms with van der Waals surface area (Å²) < 4.78 is 6.03. The van der Waals surface area contributed by atoms with E-state index in [2.05, 4.69) is 21.4 Å². The SMILES string of the molecule is C#CCSc1nnc(NC(=O)COc2ccc(Cl)cc2)s1. The molecule has 0 radical (unpaired) electrons. The van der Waals surface area contributed by atoms with Crippen molar-refractivity contribution in [3.63, 3.8) is 0 Å². The van der Waals surface area contributed by atoms with Gasteiger partial charge in [-0.05, 0) is 24.3 Å². The molecule has 1 heterocycles. The predicted octanol–water partition coefficient (Wildman–Crippen LogP) is 2.93. The Bertz CT molecular complexity index is 652. The molecule has 0 aliphatic carbocycles. The highest BCUT2D eigenvalue weighted by Crippen LogP contribution is 2.24. The van der Waals surface area contributed by atoms with Crippen molar-refractivity contribution in [1.29, 1.82) is 0 Å². The van der Waals surface area contributed by atoms with Gasteiger partial charge in [0, 0.05) is 5.02 Å². The minimum absolute atomic E-state index is 0.117. The Hall–Kier alpha value is -1.75. The van der Waals surface area contributed by atoms with E-state index in [1.54, 1.807) is 24.3 Å². The number of halogens is 1. The molecule has 0 aliphatic heterocycles. The number of ether oxygens (including phenoxy) is 1. The van der Waals surface area contributed by atoms with Crippen LogP contribution in [0.25, 0.3) is 0 Å². The van der Waals surface area contributed by atoms with E-state index in [0.29, 0.717) is 26.0 Å². The number of nitrogens with one attached hydrogen (secondary N) is 1. The second-order valence-corrected chi connectivity index (χ2v) is 6.29. The number of carbonyl (C=O) groups excluding carboxylic acids is 1. The van der Waals surface area contributed by atoms with Crippen LogP contribution in [-0.4, -0.2) is 28.5 Å². The second kappa shape index (κ2) is 7.88. The fourth-order valence-electron chi connectivity index (χ4n) is 1.26. The number of anilines is 1. The summed E-state index contributed by atoms with van der Waals surface area (Å²) in [6.45, 7) is -0.117. The Kier molecular flexibility index (Phi) is 5.87. The van der Waals surface area contributed by atoms with E-state index in [-0.39, 0.29) is 12.5 Å². The van der Waals surface area contributed by atoms with Crippen LogP contribution in [0.3, 0.4) is 0 Å². The number of amides is 1. The molecule has 0 aliphatic rings. The molecule has 1 N–H and O–H groups in total. The Labute approximate surface area is 135 Å². The van der Waals surface area contributed by atoms with Crippen LogP contribution < -0.4 is 10.1 Å². The lowest BCUT2D eigenvalue weighted by molar-refractivity contribution is -0.118. The van der Waals surface area contributed by atoms with Crippen LogP contribution in [0.4, 0.5) is 5.13 Å². The van der Waals surface area contributed by atoms with Gasteiger partial charge in [0.15, 0.2) is 10.9 Å². The number of aromatic nitrogens is 2. The summed E-state index contributed by atoms with van der Waals surface area (Å²) in [6.07, 6.45) is 5.16. The molecule has 0 bridgehead atoms. The molecule has 0 saturated carbocycles. The minimum atomic E-state index is -0.311. The van der Waals surface area contributed by atoms with Crippen LogP contribution in [0.15, 0.2) is 28.6 Å². The fraction of sp³-hybridized carbons (Fsp3) is 0.154. The van der Waals surface area contributed by atoms with Crippen LogP contribution in [0.5, 0.6) is 5.75 Å². The summed E-state index contributed by atoms with van der Waals surface area (Å²) in [7, 11) is 0. The third-order valence-corrected chi connectivity index (χ3v) is 4.24. The number of thioether (sulfide) groups is 1. The maximum Gasteiger partial charge on any atom is 0.264 e. The highest BCUT2D eigenvalue weighted by molar-refractivity contribution is 8.01. The second-order valence-electron chi connectivity index (χ2n) is 3.66. The summed E-state index contributed by atoms with van der Waals surface area (Å²) in [5.41, 5.74) is 0. The van der Waals surface area contributed by atoms with Crippen molar-refractivity contribution < 1.29 is 9.53 Å². The highest BCUT2D eigenvalue weighted by atomic mass is 35.5. The van der Waals surface area contributed by atoms with Gasteiger partial charge in [-0.1, -0.05) is 40.6 Å². The molecule has 1 amide bonds. The molecule has 1 aromatic carbocycles. The first-order valence-electron chi connectivity index (χ1n) is 5.75. The van der Waals surface area contributed by atoms with Crippen molar-refractivity contribution in [3.8, 4) is 18.1 Å². The first kappa shape index (κ1) is 15.6. The van der Waals surface area contributed by atoms with Gasteiger partial charge in [-0.25, -0.2) is 0 Å². The topological polar surface area (TPSA) is 64.1 Å². The molecule has 0 saturated heterocycles. The van der Waals surface area contributed by atoms with Crippen molar-refractivity contribution >= 4 is 45.7 Å². The minimum Gasteiger partial charge on any atom is -0.484 e. The number of hydrogen-bond donors (Lipinski definition) is 1. The van der Waals surface area contributed by atoms with Gasteiger partial charge in [-0.15, -0.1) is 16.6 Å². The maximum atomic E-state index is 11.7. The number of carbonyl (C=O) groups is 1. The van der Waals surface area contributed by atoms with E-state index in [9.17, 15) is 4.79 Å². The van der Waals surface area contributed by atoms with Crippen LogP contribution in [0.2, 0.25) is 5.02 Å². The lowest BCUT2D eigenvalue weighted by atomic mass is 10.3. The molecule has 8 heteroatoms. The zero-order valence-corrected chi connectivity index (χ0v) is 13.1. The molecule has 0 atom stereocenters. The molecular weight excluding hydrogens is 330 g/mol. The van der Waals surface area contributed by atoms with Gasteiger partial charge in [-0.2, -0.15) is 0 Å². The van der Waals surface area contributed by atoms with Crippen molar-refractivity contribution in [2.24, 2.45) is 0 Å². The lowest BCUT2D eigenvalue weighted by Gasteiger charge is -2.05. The molecular formula is C13H10ClN3O2S2. The third kappa shape index (κ3) is 5.27. The van der Waals surface area contributed by atoms with Crippen molar-refractivity contribution in [3.05, 3.63) is 29.3 Å². The Morgan fingerprint density at radius 3 is 2.90 bits per heavy atom. The monoisotopic (exact) mass is 339 g/mol. The summed E-state index contributed by atoms with van der Waals surface area (Å²) in [5, 5.41) is 11.4. The third-order valence-electron chi connectivity index (χ3n) is 2.12.